The van der Waals surface area contributed by atoms with E-state index in [1.54, 1.807) is 0 Å². The van der Waals surface area contributed by atoms with Gasteiger partial charge in [-0.2, -0.15) is 0 Å². The van der Waals surface area contributed by atoms with Gasteiger partial charge in [0.25, 0.3) is 0 Å². The maximum atomic E-state index is 6.02. The van der Waals surface area contributed by atoms with Gasteiger partial charge in [0, 0.05) is 22.0 Å². The van der Waals surface area contributed by atoms with E-state index in [2.05, 4.69) is 24.0 Å². The van der Waals surface area contributed by atoms with Gasteiger partial charge in [0.2, 0.25) is 0 Å². The third kappa shape index (κ3) is 1.05. The normalized spacial score (nSPS) is 11.3. The number of hydrogen-bond donors (Lipinski definition) is 2. The van der Waals surface area contributed by atoms with Crippen LogP contribution in [0.25, 0.3) is 21.8 Å². The lowest BCUT2D eigenvalue weighted by Crippen LogP contribution is -1.86. The molecule has 2 nitrogen and oxygen atoms in total. The molecule has 0 atom stereocenters. The van der Waals surface area contributed by atoms with Gasteiger partial charge >= 0.3 is 0 Å². The van der Waals surface area contributed by atoms with Gasteiger partial charge in [-0.15, -0.1) is 0 Å². The predicted octanol–water partition coefficient (Wildman–Crippen LogP) is 3.21. The van der Waals surface area contributed by atoms with Crippen LogP contribution in [0.1, 0.15) is 5.56 Å². The van der Waals surface area contributed by atoms with E-state index in [1.165, 1.54) is 10.9 Å². The summed E-state index contributed by atoms with van der Waals surface area (Å²) < 4.78 is 0. The summed E-state index contributed by atoms with van der Waals surface area (Å²) >= 11 is 0. The number of nitrogens with two attached hydrogens (primary N) is 1. The van der Waals surface area contributed by atoms with Gasteiger partial charge in [-0.1, -0.05) is 24.3 Å². The molecule has 2 heteroatoms. The monoisotopic (exact) mass is 196 g/mol. The van der Waals surface area contributed by atoms with Crippen LogP contribution in [-0.2, 0) is 0 Å². The van der Waals surface area contributed by atoms with E-state index >= 15 is 0 Å². The van der Waals surface area contributed by atoms with Crippen molar-refractivity contribution in [2.75, 3.05) is 5.73 Å². The van der Waals surface area contributed by atoms with Gasteiger partial charge in [-0.25, -0.2) is 0 Å². The lowest BCUT2D eigenvalue weighted by molar-refractivity contribution is 1.45. The number of aryl methyl sites for hydroxylation is 1. The second-order valence-electron chi connectivity index (χ2n) is 3.89. The minimum absolute atomic E-state index is 0.841. The fourth-order valence-electron chi connectivity index (χ4n) is 2.12. The Labute approximate surface area is 87.7 Å². The molecule has 74 valence electrons. The molecule has 0 amide bonds. The molecule has 0 fully saturated rings. The van der Waals surface area contributed by atoms with Crippen molar-refractivity contribution in [3.63, 3.8) is 0 Å². The third-order valence-corrected chi connectivity index (χ3v) is 2.90. The lowest BCUT2D eigenvalue weighted by atomic mass is 10.1. The molecule has 0 aliphatic carbocycles. The number of benzene rings is 2. The van der Waals surface area contributed by atoms with E-state index in [0.717, 1.165) is 22.1 Å². The maximum Gasteiger partial charge on any atom is 0.0515 e. The van der Waals surface area contributed by atoms with Crippen LogP contribution in [0.3, 0.4) is 0 Å². The summed E-state index contributed by atoms with van der Waals surface area (Å²) in [6, 6.07) is 12.3. The number of fused-ring (bicyclic) bond motifs is 3. The van der Waals surface area contributed by atoms with Gasteiger partial charge in [-0.05, 0) is 24.6 Å². The number of aromatic amines is 1. The highest BCUT2D eigenvalue weighted by Crippen LogP contribution is 2.31. The number of nitrogen functional groups attached to an aromatic ring is 1. The van der Waals surface area contributed by atoms with E-state index in [9.17, 15) is 0 Å². The fourth-order valence-corrected chi connectivity index (χ4v) is 2.12. The Morgan fingerprint density at radius 3 is 2.73 bits per heavy atom. The van der Waals surface area contributed by atoms with E-state index in [4.69, 9.17) is 5.73 Å². The van der Waals surface area contributed by atoms with Gasteiger partial charge < -0.3 is 10.7 Å². The van der Waals surface area contributed by atoms with Crippen molar-refractivity contribution in [2.45, 2.75) is 6.92 Å². The van der Waals surface area contributed by atoms with Crippen LogP contribution in [0.15, 0.2) is 36.4 Å². The summed E-state index contributed by atoms with van der Waals surface area (Å²) in [5.41, 5.74) is 10.4. The quantitative estimate of drug-likeness (QED) is 0.532. The average Bonchev–Trinajstić information content (AvgIpc) is 2.64. The number of para-hydroxylation sites is 1. The number of rotatable bonds is 0. The molecule has 0 saturated carbocycles. The van der Waals surface area contributed by atoms with Gasteiger partial charge in [0.15, 0.2) is 0 Å². The van der Waals surface area contributed by atoms with Crippen molar-refractivity contribution >= 4 is 27.5 Å². The average molecular weight is 196 g/mol. The van der Waals surface area contributed by atoms with Crippen molar-refractivity contribution in [3.8, 4) is 0 Å². The molecule has 0 radical (unpaired) electrons. The van der Waals surface area contributed by atoms with Crippen molar-refractivity contribution in [1.29, 1.82) is 0 Å². The summed E-state index contributed by atoms with van der Waals surface area (Å²) in [7, 11) is 0. The molecular formula is C13H12N2. The van der Waals surface area contributed by atoms with E-state index in [0.29, 0.717) is 0 Å². The summed E-state index contributed by atoms with van der Waals surface area (Å²) in [6.45, 7) is 2.09. The van der Waals surface area contributed by atoms with Crippen molar-refractivity contribution in [2.24, 2.45) is 0 Å². The summed E-state index contributed by atoms with van der Waals surface area (Å²) in [5, 5.41) is 2.35. The first-order valence-electron chi connectivity index (χ1n) is 5.03. The Balaban J connectivity index is 2.66. The topological polar surface area (TPSA) is 41.8 Å². The number of H-pyrrole nitrogens is 1. The molecule has 0 saturated heterocycles. The van der Waals surface area contributed by atoms with Crippen LogP contribution in [0.5, 0.6) is 0 Å². The molecule has 0 unspecified atom stereocenters. The summed E-state index contributed by atoms with van der Waals surface area (Å²) in [4.78, 5) is 3.41. The standard InChI is InChI=1S/C13H12N2/c1-8-6-7-10(14)12-9-4-2-3-5-11(9)15-13(8)12/h2-7,15H,14H2,1H3. The maximum absolute atomic E-state index is 6.02. The zero-order valence-corrected chi connectivity index (χ0v) is 8.54. The molecule has 2 aromatic carbocycles. The minimum Gasteiger partial charge on any atom is -0.398 e. The number of anilines is 1. The van der Waals surface area contributed by atoms with E-state index in [1.807, 2.05) is 24.3 Å². The van der Waals surface area contributed by atoms with Gasteiger partial charge in [0.1, 0.15) is 0 Å². The molecule has 1 aromatic heterocycles. The van der Waals surface area contributed by atoms with Crippen LogP contribution >= 0.6 is 0 Å². The lowest BCUT2D eigenvalue weighted by Gasteiger charge is -1.99. The first kappa shape index (κ1) is 8.36. The molecule has 3 aromatic rings. The highest BCUT2D eigenvalue weighted by atomic mass is 14.7. The zero-order chi connectivity index (χ0) is 10.4. The largest absolute Gasteiger partial charge is 0.398 e. The number of aromatic nitrogens is 1. The van der Waals surface area contributed by atoms with Crippen LogP contribution in [0, 0.1) is 6.92 Å². The molecule has 3 N–H and O–H groups in total. The van der Waals surface area contributed by atoms with Crippen molar-refractivity contribution in [1.82, 2.24) is 4.98 Å². The predicted molar refractivity (Wildman–Crippen MR) is 65.0 cm³/mol. The molecule has 0 spiro atoms. The first-order valence-corrected chi connectivity index (χ1v) is 5.03. The zero-order valence-electron chi connectivity index (χ0n) is 8.54. The Bertz CT molecular complexity index is 650. The second kappa shape index (κ2) is 2.76. The first-order chi connectivity index (χ1) is 7.27. The number of nitrogens with one attached hydrogen (secondary N) is 1. The highest BCUT2D eigenvalue weighted by molar-refractivity contribution is 6.13. The van der Waals surface area contributed by atoms with Gasteiger partial charge in [-0.3, -0.25) is 0 Å². The third-order valence-electron chi connectivity index (χ3n) is 2.90. The summed E-state index contributed by atoms with van der Waals surface area (Å²) in [5.74, 6) is 0. The van der Waals surface area contributed by atoms with Crippen LogP contribution in [0.4, 0.5) is 5.69 Å². The molecule has 0 aliphatic heterocycles. The molecule has 0 bridgehead atoms. The molecule has 0 aliphatic rings. The smallest absolute Gasteiger partial charge is 0.0515 e. The number of hydrogen-bond acceptors (Lipinski definition) is 1. The molecule has 1 heterocycles. The Kier molecular flexibility index (Phi) is 1.54. The summed E-state index contributed by atoms with van der Waals surface area (Å²) in [6.07, 6.45) is 0. The van der Waals surface area contributed by atoms with Crippen LogP contribution < -0.4 is 5.73 Å². The Morgan fingerprint density at radius 1 is 1.07 bits per heavy atom. The van der Waals surface area contributed by atoms with Crippen molar-refractivity contribution < 1.29 is 0 Å². The van der Waals surface area contributed by atoms with E-state index < -0.39 is 0 Å². The Hall–Kier alpha value is -1.96. The Morgan fingerprint density at radius 2 is 1.87 bits per heavy atom. The van der Waals surface area contributed by atoms with Crippen molar-refractivity contribution in [3.05, 3.63) is 42.0 Å². The van der Waals surface area contributed by atoms with Gasteiger partial charge in [0.05, 0.1) is 5.52 Å². The molecule has 15 heavy (non-hydrogen) atoms. The highest BCUT2D eigenvalue weighted by Gasteiger charge is 2.07. The second-order valence-corrected chi connectivity index (χ2v) is 3.89. The van der Waals surface area contributed by atoms with Crippen LogP contribution in [0.2, 0.25) is 0 Å². The molecule has 3 rings (SSSR count). The molecular weight excluding hydrogens is 184 g/mol. The SMILES string of the molecule is Cc1ccc(N)c2c1[nH]c1ccccc12. The van der Waals surface area contributed by atoms with Crippen LogP contribution in [-0.4, -0.2) is 4.98 Å². The van der Waals surface area contributed by atoms with E-state index in [-0.39, 0.29) is 0 Å². The fraction of sp³-hybridized carbons (Fsp3) is 0.0769. The minimum atomic E-state index is 0.841.